The van der Waals surface area contributed by atoms with Gasteiger partial charge in [-0.25, -0.2) is 0 Å². The van der Waals surface area contributed by atoms with Crippen molar-refractivity contribution in [3.05, 3.63) is 29.3 Å². The summed E-state index contributed by atoms with van der Waals surface area (Å²) in [4.78, 5) is 0. The van der Waals surface area contributed by atoms with Crippen molar-refractivity contribution in [2.24, 2.45) is 5.73 Å². The summed E-state index contributed by atoms with van der Waals surface area (Å²) in [5.41, 5.74) is 9.68. The largest absolute Gasteiger partial charge is 0.382 e. The summed E-state index contributed by atoms with van der Waals surface area (Å²) in [5.74, 6) is 0. The molecule has 1 unspecified atom stereocenters. The van der Waals surface area contributed by atoms with Gasteiger partial charge < -0.3 is 11.1 Å². The van der Waals surface area contributed by atoms with E-state index in [1.807, 2.05) is 0 Å². The molecule has 2 heteroatoms. The number of hydrogen-bond acceptors (Lipinski definition) is 2. The van der Waals surface area contributed by atoms with E-state index in [4.69, 9.17) is 5.73 Å². The maximum absolute atomic E-state index is 5.56. The molecule has 3 N–H and O–H groups in total. The fourth-order valence-corrected chi connectivity index (χ4v) is 2.11. The molecule has 0 bridgehead atoms. The van der Waals surface area contributed by atoms with E-state index in [9.17, 15) is 0 Å². The molecule has 0 spiro atoms. The highest BCUT2D eigenvalue weighted by Crippen LogP contribution is 2.26. The number of nitrogens with two attached hydrogens (primary N) is 1. The average molecular weight is 190 g/mol. The van der Waals surface area contributed by atoms with Crippen LogP contribution in [0.4, 0.5) is 5.69 Å². The van der Waals surface area contributed by atoms with Gasteiger partial charge in [0.25, 0.3) is 0 Å². The molecule has 14 heavy (non-hydrogen) atoms. The molecule has 0 aliphatic carbocycles. The van der Waals surface area contributed by atoms with E-state index in [1.54, 1.807) is 0 Å². The molecule has 2 nitrogen and oxygen atoms in total. The molecule has 1 aliphatic rings. The Morgan fingerprint density at radius 2 is 2.36 bits per heavy atom. The second-order valence-electron chi connectivity index (χ2n) is 4.12. The third-order valence-electron chi connectivity index (χ3n) is 2.90. The minimum absolute atomic E-state index is 0.579. The molecule has 76 valence electrons. The number of aryl methyl sites for hydroxylation is 2. The van der Waals surface area contributed by atoms with E-state index in [2.05, 4.69) is 30.4 Å². The lowest BCUT2D eigenvalue weighted by atomic mass is 9.95. The van der Waals surface area contributed by atoms with E-state index in [0.717, 1.165) is 13.0 Å². The highest BCUT2D eigenvalue weighted by Gasteiger charge is 2.16. The lowest BCUT2D eigenvalue weighted by Crippen LogP contribution is -2.27. The van der Waals surface area contributed by atoms with Crippen LogP contribution in [0.25, 0.3) is 0 Å². The quantitative estimate of drug-likeness (QED) is 0.749. The van der Waals surface area contributed by atoms with Crippen LogP contribution in [0.3, 0.4) is 0 Å². The van der Waals surface area contributed by atoms with Crippen LogP contribution in [0.5, 0.6) is 0 Å². The first-order chi connectivity index (χ1) is 6.79. The summed E-state index contributed by atoms with van der Waals surface area (Å²) in [6, 6.07) is 7.21. The maximum Gasteiger partial charge on any atom is 0.0375 e. The number of fused-ring (bicyclic) bond motifs is 1. The van der Waals surface area contributed by atoms with E-state index >= 15 is 0 Å². The first kappa shape index (κ1) is 9.53. The molecule has 1 heterocycles. The van der Waals surface area contributed by atoms with Crippen LogP contribution < -0.4 is 11.1 Å². The Labute approximate surface area is 85.5 Å². The molecular formula is C12H18N2. The van der Waals surface area contributed by atoms with E-state index < -0.39 is 0 Å². The Hall–Kier alpha value is -1.02. The van der Waals surface area contributed by atoms with Gasteiger partial charge in [-0.2, -0.15) is 0 Å². The minimum Gasteiger partial charge on any atom is -0.382 e. The summed E-state index contributed by atoms with van der Waals surface area (Å²) in [6.45, 7) is 2.92. The highest BCUT2D eigenvalue weighted by atomic mass is 14.9. The summed E-state index contributed by atoms with van der Waals surface area (Å²) < 4.78 is 0. The van der Waals surface area contributed by atoms with Crippen molar-refractivity contribution in [1.29, 1.82) is 0 Å². The van der Waals surface area contributed by atoms with Crippen molar-refractivity contribution in [1.82, 2.24) is 0 Å². The van der Waals surface area contributed by atoms with Gasteiger partial charge in [-0.15, -0.1) is 0 Å². The lowest BCUT2D eigenvalue weighted by molar-refractivity contribution is 0.593. The summed E-state index contributed by atoms with van der Waals surface area (Å²) in [7, 11) is 0. The third-order valence-corrected chi connectivity index (χ3v) is 2.90. The molecule has 2 rings (SSSR count). The monoisotopic (exact) mass is 190 g/mol. The van der Waals surface area contributed by atoms with Gasteiger partial charge in [-0.1, -0.05) is 17.7 Å². The summed E-state index contributed by atoms with van der Waals surface area (Å²) in [6.07, 6.45) is 3.48. The van der Waals surface area contributed by atoms with Crippen molar-refractivity contribution in [3.8, 4) is 0 Å². The number of benzene rings is 1. The Morgan fingerprint density at radius 1 is 1.50 bits per heavy atom. The van der Waals surface area contributed by atoms with Crippen LogP contribution in [-0.4, -0.2) is 12.6 Å². The highest BCUT2D eigenvalue weighted by molar-refractivity contribution is 5.55. The van der Waals surface area contributed by atoms with Crippen molar-refractivity contribution in [3.63, 3.8) is 0 Å². The Balaban J connectivity index is 2.15. The van der Waals surface area contributed by atoms with Crippen molar-refractivity contribution in [2.75, 3.05) is 11.9 Å². The van der Waals surface area contributed by atoms with Crippen LogP contribution in [-0.2, 0) is 6.42 Å². The molecule has 0 saturated carbocycles. The van der Waals surface area contributed by atoms with Crippen molar-refractivity contribution < 1.29 is 0 Å². The zero-order valence-electron chi connectivity index (χ0n) is 8.72. The summed E-state index contributed by atoms with van der Waals surface area (Å²) >= 11 is 0. The Morgan fingerprint density at radius 3 is 3.14 bits per heavy atom. The van der Waals surface area contributed by atoms with Crippen LogP contribution in [0.15, 0.2) is 18.2 Å². The smallest absolute Gasteiger partial charge is 0.0375 e. The molecule has 0 saturated heterocycles. The van der Waals surface area contributed by atoms with Crippen LogP contribution >= 0.6 is 0 Å². The number of rotatable bonds is 2. The number of anilines is 1. The van der Waals surface area contributed by atoms with Gasteiger partial charge in [-0.3, -0.25) is 0 Å². The molecule has 0 radical (unpaired) electrons. The molecule has 0 amide bonds. The van der Waals surface area contributed by atoms with Gasteiger partial charge in [0.05, 0.1) is 0 Å². The standard InChI is InChI=1S/C12H18N2/c1-9-2-5-12-10(8-9)3-4-11(14-12)6-7-13/h2,5,8,11,14H,3-4,6-7,13H2,1H3. The van der Waals surface area contributed by atoms with E-state index in [-0.39, 0.29) is 0 Å². The van der Waals surface area contributed by atoms with Gasteiger partial charge in [0.15, 0.2) is 0 Å². The predicted octanol–water partition coefficient (Wildman–Crippen LogP) is 2.07. The molecule has 0 aromatic heterocycles. The van der Waals surface area contributed by atoms with Gasteiger partial charge in [0.1, 0.15) is 0 Å². The fourth-order valence-electron chi connectivity index (χ4n) is 2.11. The van der Waals surface area contributed by atoms with Crippen LogP contribution in [0.2, 0.25) is 0 Å². The predicted molar refractivity (Wildman–Crippen MR) is 60.6 cm³/mol. The van der Waals surface area contributed by atoms with Gasteiger partial charge >= 0.3 is 0 Å². The maximum atomic E-state index is 5.56. The van der Waals surface area contributed by atoms with Crippen molar-refractivity contribution >= 4 is 5.69 Å². The second-order valence-corrected chi connectivity index (χ2v) is 4.12. The molecular weight excluding hydrogens is 172 g/mol. The number of hydrogen-bond donors (Lipinski definition) is 2. The van der Waals surface area contributed by atoms with Gasteiger partial charge in [0, 0.05) is 11.7 Å². The van der Waals surface area contributed by atoms with Crippen LogP contribution in [0.1, 0.15) is 24.0 Å². The summed E-state index contributed by atoms with van der Waals surface area (Å²) in [5, 5.41) is 3.55. The number of nitrogens with one attached hydrogen (secondary N) is 1. The Kier molecular flexibility index (Phi) is 2.73. The second kappa shape index (κ2) is 4.01. The van der Waals surface area contributed by atoms with Crippen molar-refractivity contribution in [2.45, 2.75) is 32.2 Å². The first-order valence-corrected chi connectivity index (χ1v) is 5.36. The lowest BCUT2D eigenvalue weighted by Gasteiger charge is -2.27. The van der Waals surface area contributed by atoms with Gasteiger partial charge in [0.2, 0.25) is 0 Å². The topological polar surface area (TPSA) is 38.0 Å². The average Bonchev–Trinajstić information content (AvgIpc) is 2.19. The van der Waals surface area contributed by atoms with Crippen LogP contribution in [0, 0.1) is 6.92 Å². The third kappa shape index (κ3) is 1.90. The molecule has 0 fully saturated rings. The van der Waals surface area contributed by atoms with E-state index in [1.165, 1.54) is 29.7 Å². The fraction of sp³-hybridized carbons (Fsp3) is 0.500. The molecule has 1 aromatic rings. The minimum atomic E-state index is 0.579. The molecule has 1 aliphatic heterocycles. The Bertz CT molecular complexity index is 320. The van der Waals surface area contributed by atoms with E-state index in [0.29, 0.717) is 6.04 Å². The SMILES string of the molecule is Cc1ccc2c(c1)CCC(CCN)N2. The normalized spacial score (nSPS) is 20.0. The molecule has 1 aromatic carbocycles. The van der Waals surface area contributed by atoms with Gasteiger partial charge in [-0.05, 0) is 44.4 Å². The zero-order valence-corrected chi connectivity index (χ0v) is 8.72. The zero-order chi connectivity index (χ0) is 9.97. The first-order valence-electron chi connectivity index (χ1n) is 5.36. The molecule has 1 atom stereocenters.